The molecule has 0 aliphatic heterocycles. The lowest BCUT2D eigenvalue weighted by molar-refractivity contribution is -0.140. The van der Waals surface area contributed by atoms with Gasteiger partial charge in [0.2, 0.25) is 0 Å². The number of hydrogen-bond acceptors (Lipinski definition) is 2. The first kappa shape index (κ1) is 14.9. The van der Waals surface area contributed by atoms with E-state index in [1.807, 2.05) is 6.07 Å². The van der Waals surface area contributed by atoms with Crippen molar-refractivity contribution in [3.05, 3.63) is 65.5 Å². The summed E-state index contributed by atoms with van der Waals surface area (Å²) in [7, 11) is 0. The number of hydrogen-bond donors (Lipinski definition) is 1. The summed E-state index contributed by atoms with van der Waals surface area (Å²) in [6, 6.07) is 12.0. The normalized spacial score (nSPS) is 12.5. The number of anilines is 1. The fraction of sp³-hybridized carbons (Fsp3) is 0.133. The van der Waals surface area contributed by atoms with Crippen molar-refractivity contribution in [1.82, 2.24) is 0 Å². The van der Waals surface area contributed by atoms with Crippen molar-refractivity contribution >= 4 is 5.69 Å². The first-order valence-corrected chi connectivity index (χ1v) is 5.99. The van der Waals surface area contributed by atoms with Crippen LogP contribution in [0.15, 0.2) is 48.5 Å². The lowest BCUT2D eigenvalue weighted by atomic mass is 10.0. The van der Waals surface area contributed by atoms with Crippen molar-refractivity contribution in [3.63, 3.8) is 0 Å². The molecule has 0 radical (unpaired) electrons. The summed E-state index contributed by atoms with van der Waals surface area (Å²) in [5, 5.41) is 11.9. The maximum atomic E-state index is 13.2. The van der Waals surface area contributed by atoms with Crippen LogP contribution >= 0.6 is 0 Å². The largest absolute Gasteiger partial charge is 0.419 e. The van der Waals surface area contributed by atoms with Crippen molar-refractivity contribution in [2.75, 3.05) is 5.32 Å². The molecular formula is C15H10F4N2. The van der Waals surface area contributed by atoms with E-state index in [0.29, 0.717) is 11.8 Å². The van der Waals surface area contributed by atoms with Gasteiger partial charge in [0.25, 0.3) is 0 Å². The van der Waals surface area contributed by atoms with Crippen molar-refractivity contribution in [2.24, 2.45) is 0 Å². The Morgan fingerprint density at radius 3 is 2.29 bits per heavy atom. The molecule has 108 valence electrons. The highest BCUT2D eigenvalue weighted by molar-refractivity contribution is 5.47. The summed E-state index contributed by atoms with van der Waals surface area (Å²) < 4.78 is 51.3. The molecule has 0 aliphatic rings. The molecule has 0 aromatic heterocycles. The maximum absolute atomic E-state index is 13.2. The van der Waals surface area contributed by atoms with E-state index in [1.165, 1.54) is 0 Å². The van der Waals surface area contributed by atoms with Gasteiger partial charge in [0, 0.05) is 5.69 Å². The highest BCUT2D eigenvalue weighted by Gasteiger charge is 2.34. The third-order valence-electron chi connectivity index (χ3n) is 2.84. The topological polar surface area (TPSA) is 35.8 Å². The number of nitrogens with zero attached hydrogens (tertiary/aromatic N) is 1. The highest BCUT2D eigenvalue weighted by Crippen LogP contribution is 2.33. The van der Waals surface area contributed by atoms with Crippen molar-refractivity contribution in [3.8, 4) is 6.07 Å². The van der Waals surface area contributed by atoms with Gasteiger partial charge in [0.15, 0.2) is 0 Å². The number of halogens is 4. The minimum atomic E-state index is -4.80. The Labute approximate surface area is 118 Å². The quantitative estimate of drug-likeness (QED) is 0.845. The molecule has 1 atom stereocenters. The van der Waals surface area contributed by atoms with Gasteiger partial charge in [-0.25, -0.2) is 4.39 Å². The van der Waals surface area contributed by atoms with E-state index < -0.39 is 23.6 Å². The molecule has 2 rings (SSSR count). The molecule has 0 heterocycles. The summed E-state index contributed by atoms with van der Waals surface area (Å²) in [6.45, 7) is 0. The van der Waals surface area contributed by atoms with E-state index in [-0.39, 0.29) is 5.56 Å². The standard InChI is InChI=1S/C15H10F4N2/c16-13-7-6-10(8-12(13)15(17,18)19)14(9-20)21-11-4-2-1-3-5-11/h1-8,14,21H. The Kier molecular flexibility index (Phi) is 4.13. The second-order valence-corrected chi connectivity index (χ2v) is 4.31. The molecule has 2 aromatic carbocycles. The highest BCUT2D eigenvalue weighted by atomic mass is 19.4. The lowest BCUT2D eigenvalue weighted by Gasteiger charge is -2.15. The summed E-state index contributed by atoms with van der Waals surface area (Å²) in [6.07, 6.45) is -4.80. The zero-order chi connectivity index (χ0) is 15.5. The Balaban J connectivity index is 2.34. The molecule has 2 aromatic rings. The first-order valence-electron chi connectivity index (χ1n) is 5.99. The van der Waals surface area contributed by atoms with Crippen LogP contribution in [0.3, 0.4) is 0 Å². The average Bonchev–Trinajstić information content (AvgIpc) is 2.45. The monoisotopic (exact) mass is 294 g/mol. The lowest BCUT2D eigenvalue weighted by Crippen LogP contribution is -2.13. The summed E-state index contributed by atoms with van der Waals surface area (Å²) in [4.78, 5) is 0. The number of alkyl halides is 3. The van der Waals surface area contributed by atoms with Crippen LogP contribution in [0.1, 0.15) is 17.2 Å². The van der Waals surface area contributed by atoms with Gasteiger partial charge in [-0.2, -0.15) is 18.4 Å². The van der Waals surface area contributed by atoms with Gasteiger partial charge < -0.3 is 5.32 Å². The maximum Gasteiger partial charge on any atom is 0.419 e. The van der Waals surface area contributed by atoms with Crippen LogP contribution in [0.25, 0.3) is 0 Å². The van der Waals surface area contributed by atoms with Crippen LogP contribution in [0, 0.1) is 17.1 Å². The first-order chi connectivity index (χ1) is 9.91. The Hall–Kier alpha value is -2.55. The zero-order valence-corrected chi connectivity index (χ0v) is 10.7. The predicted octanol–water partition coefficient (Wildman–Crippen LogP) is 4.52. The predicted molar refractivity (Wildman–Crippen MR) is 69.8 cm³/mol. The SMILES string of the molecule is N#CC(Nc1ccccc1)c1ccc(F)c(C(F)(F)F)c1. The van der Waals surface area contributed by atoms with Crippen LogP contribution in [-0.4, -0.2) is 0 Å². The van der Waals surface area contributed by atoms with Gasteiger partial charge in [-0.05, 0) is 29.8 Å². The third kappa shape index (κ3) is 3.51. The number of nitriles is 1. The molecule has 1 N–H and O–H groups in total. The summed E-state index contributed by atoms with van der Waals surface area (Å²) >= 11 is 0. The van der Waals surface area contributed by atoms with Crippen LogP contribution < -0.4 is 5.32 Å². The van der Waals surface area contributed by atoms with E-state index in [4.69, 9.17) is 5.26 Å². The molecule has 1 unspecified atom stereocenters. The Morgan fingerprint density at radius 1 is 1.05 bits per heavy atom. The van der Waals surface area contributed by atoms with Crippen LogP contribution in [0.4, 0.5) is 23.2 Å². The molecule has 0 amide bonds. The van der Waals surface area contributed by atoms with Crippen molar-refractivity contribution in [2.45, 2.75) is 12.2 Å². The van der Waals surface area contributed by atoms with Gasteiger partial charge in [0.05, 0.1) is 11.6 Å². The van der Waals surface area contributed by atoms with E-state index in [0.717, 1.165) is 12.1 Å². The molecule has 0 fully saturated rings. The molecule has 21 heavy (non-hydrogen) atoms. The molecule has 0 saturated heterocycles. The van der Waals surface area contributed by atoms with Crippen LogP contribution in [-0.2, 0) is 6.18 Å². The molecule has 6 heteroatoms. The van der Waals surface area contributed by atoms with Gasteiger partial charge in [-0.3, -0.25) is 0 Å². The van der Waals surface area contributed by atoms with E-state index in [9.17, 15) is 17.6 Å². The minimum absolute atomic E-state index is 0.0510. The second-order valence-electron chi connectivity index (χ2n) is 4.31. The minimum Gasteiger partial charge on any atom is -0.366 e. The molecular weight excluding hydrogens is 284 g/mol. The Bertz CT molecular complexity index is 660. The van der Waals surface area contributed by atoms with Crippen LogP contribution in [0.5, 0.6) is 0 Å². The van der Waals surface area contributed by atoms with E-state index in [2.05, 4.69) is 5.32 Å². The third-order valence-corrected chi connectivity index (χ3v) is 2.84. The fourth-order valence-corrected chi connectivity index (χ4v) is 1.83. The van der Waals surface area contributed by atoms with Crippen LogP contribution in [0.2, 0.25) is 0 Å². The van der Waals surface area contributed by atoms with Crippen molar-refractivity contribution in [1.29, 1.82) is 5.26 Å². The van der Waals surface area contributed by atoms with Gasteiger partial charge in [0.1, 0.15) is 11.9 Å². The van der Waals surface area contributed by atoms with Gasteiger partial charge >= 0.3 is 6.18 Å². The molecule has 0 aliphatic carbocycles. The fourth-order valence-electron chi connectivity index (χ4n) is 1.83. The molecule has 2 nitrogen and oxygen atoms in total. The number of para-hydroxylation sites is 1. The summed E-state index contributed by atoms with van der Waals surface area (Å²) in [5.74, 6) is -1.36. The zero-order valence-electron chi connectivity index (χ0n) is 10.7. The second kappa shape index (κ2) is 5.83. The molecule has 0 spiro atoms. The Morgan fingerprint density at radius 2 is 1.71 bits per heavy atom. The smallest absolute Gasteiger partial charge is 0.366 e. The van der Waals surface area contributed by atoms with E-state index >= 15 is 0 Å². The molecule has 0 bridgehead atoms. The number of nitrogens with one attached hydrogen (secondary N) is 1. The number of benzene rings is 2. The number of rotatable bonds is 3. The van der Waals surface area contributed by atoms with E-state index in [1.54, 1.807) is 30.3 Å². The van der Waals surface area contributed by atoms with Gasteiger partial charge in [-0.1, -0.05) is 24.3 Å². The van der Waals surface area contributed by atoms with Crippen molar-refractivity contribution < 1.29 is 17.6 Å². The van der Waals surface area contributed by atoms with Gasteiger partial charge in [-0.15, -0.1) is 0 Å². The average molecular weight is 294 g/mol. The summed E-state index contributed by atoms with van der Waals surface area (Å²) in [5.41, 5.74) is -0.743. The molecule has 0 saturated carbocycles.